The van der Waals surface area contributed by atoms with Crippen LogP contribution in [0.25, 0.3) is 0 Å². The second kappa shape index (κ2) is 10.1. The van der Waals surface area contributed by atoms with Gasteiger partial charge in [-0.1, -0.05) is 60.2 Å². The lowest BCUT2D eigenvalue weighted by atomic mass is 10.1. The summed E-state index contributed by atoms with van der Waals surface area (Å²) < 4.78 is 35.4. The van der Waals surface area contributed by atoms with Gasteiger partial charge in [-0.2, -0.15) is 8.42 Å². The Morgan fingerprint density at radius 2 is 1.53 bits per heavy atom. The van der Waals surface area contributed by atoms with E-state index < -0.39 is 28.0 Å². The third-order valence-electron chi connectivity index (χ3n) is 4.54. The largest absolute Gasteiger partial charge is 0.459 e. The van der Waals surface area contributed by atoms with Gasteiger partial charge in [-0.25, -0.2) is 4.79 Å². The van der Waals surface area contributed by atoms with Gasteiger partial charge in [0.25, 0.3) is 0 Å². The van der Waals surface area contributed by atoms with Crippen molar-refractivity contribution < 1.29 is 26.9 Å². The van der Waals surface area contributed by atoms with Crippen LogP contribution < -0.4 is 9.50 Å². The summed E-state index contributed by atoms with van der Waals surface area (Å²) in [5.74, 6) is -0.965. The van der Waals surface area contributed by atoms with Crippen LogP contribution in [-0.2, 0) is 31.1 Å². The van der Waals surface area contributed by atoms with Crippen LogP contribution in [-0.4, -0.2) is 20.3 Å². The molecule has 166 valence electrons. The predicted octanol–water partition coefficient (Wildman–Crippen LogP) is 3.68. The van der Waals surface area contributed by atoms with Crippen LogP contribution in [0.4, 0.5) is 0 Å². The van der Waals surface area contributed by atoms with E-state index in [-0.39, 0.29) is 17.3 Å². The number of carbonyl (C=O) groups excluding carboxylic acids is 2. The van der Waals surface area contributed by atoms with Crippen molar-refractivity contribution in [2.75, 3.05) is 0 Å². The number of carbonyl (C=O) groups is 2. The van der Waals surface area contributed by atoms with Crippen molar-refractivity contribution in [3.05, 3.63) is 95.6 Å². The summed E-state index contributed by atoms with van der Waals surface area (Å²) in [7, 11) is -4.00. The van der Waals surface area contributed by atoms with Crippen LogP contribution in [0.5, 0.6) is 5.75 Å². The van der Waals surface area contributed by atoms with Crippen LogP contribution in [0, 0.1) is 6.92 Å². The minimum Gasteiger partial charge on any atom is -0.459 e. The van der Waals surface area contributed by atoms with Gasteiger partial charge in [0.05, 0.1) is 0 Å². The Hall–Kier alpha value is -3.65. The van der Waals surface area contributed by atoms with Crippen molar-refractivity contribution in [2.24, 2.45) is 0 Å². The van der Waals surface area contributed by atoms with Gasteiger partial charge in [0.15, 0.2) is 6.04 Å². The first-order valence-corrected chi connectivity index (χ1v) is 11.2. The van der Waals surface area contributed by atoms with E-state index in [4.69, 9.17) is 8.92 Å². The molecule has 0 aromatic heterocycles. The molecule has 0 saturated heterocycles. The summed E-state index contributed by atoms with van der Waals surface area (Å²) in [6.07, 6.45) is 0. The van der Waals surface area contributed by atoms with Crippen molar-refractivity contribution in [3.63, 3.8) is 0 Å². The fraction of sp³-hybridized carbons (Fsp3) is 0.167. The quantitative estimate of drug-likeness (QED) is 0.413. The average molecular weight is 454 g/mol. The first-order valence-electron chi connectivity index (χ1n) is 9.83. The lowest BCUT2D eigenvalue weighted by Crippen LogP contribution is -2.33. The highest BCUT2D eigenvalue weighted by atomic mass is 32.2. The smallest absolute Gasteiger partial charge is 0.339 e. The van der Waals surface area contributed by atoms with Crippen LogP contribution in [0.3, 0.4) is 0 Å². The Labute approximate surface area is 187 Å². The van der Waals surface area contributed by atoms with E-state index in [1.807, 2.05) is 37.3 Å². The Kier molecular flexibility index (Phi) is 7.27. The molecule has 1 atom stereocenters. The molecule has 0 heterocycles. The highest BCUT2D eigenvalue weighted by Crippen LogP contribution is 2.23. The predicted molar refractivity (Wildman–Crippen MR) is 118 cm³/mol. The number of nitrogens with one attached hydrogen (secondary N) is 1. The molecule has 3 aromatic carbocycles. The topological polar surface area (TPSA) is 98.8 Å². The number of aryl methyl sites for hydroxylation is 1. The van der Waals surface area contributed by atoms with Crippen LogP contribution in [0.1, 0.15) is 29.7 Å². The Morgan fingerprint density at radius 1 is 0.906 bits per heavy atom. The summed E-state index contributed by atoms with van der Waals surface area (Å²) in [4.78, 5) is 24.3. The van der Waals surface area contributed by atoms with Gasteiger partial charge in [0, 0.05) is 6.92 Å². The summed E-state index contributed by atoms with van der Waals surface area (Å²) in [5, 5.41) is 2.56. The molecule has 0 aliphatic rings. The molecule has 7 nitrogen and oxygen atoms in total. The van der Waals surface area contributed by atoms with Crippen LogP contribution in [0.2, 0.25) is 0 Å². The molecule has 0 aliphatic heterocycles. The fourth-order valence-electron chi connectivity index (χ4n) is 2.89. The number of ether oxygens (including phenoxy) is 1. The van der Waals surface area contributed by atoms with Gasteiger partial charge >= 0.3 is 16.1 Å². The van der Waals surface area contributed by atoms with Crippen molar-refractivity contribution in [1.82, 2.24) is 5.32 Å². The lowest BCUT2D eigenvalue weighted by molar-refractivity contribution is -0.149. The van der Waals surface area contributed by atoms with Gasteiger partial charge in [-0.05, 0) is 42.3 Å². The van der Waals surface area contributed by atoms with Crippen LogP contribution in [0.15, 0.2) is 83.8 Å². The molecule has 0 fully saturated rings. The number of amides is 1. The zero-order valence-electron chi connectivity index (χ0n) is 17.6. The fourth-order valence-corrected chi connectivity index (χ4v) is 3.82. The number of benzene rings is 3. The normalized spacial score (nSPS) is 11.9. The number of esters is 1. The first kappa shape index (κ1) is 23.0. The Balaban J connectivity index is 1.73. The summed E-state index contributed by atoms with van der Waals surface area (Å²) in [6.45, 7) is 3.21. The van der Waals surface area contributed by atoms with E-state index in [0.717, 1.165) is 11.1 Å². The summed E-state index contributed by atoms with van der Waals surface area (Å²) in [6, 6.07) is 20.3. The van der Waals surface area contributed by atoms with Gasteiger partial charge in [-0.15, -0.1) is 0 Å². The SMILES string of the molecule is CC(=O)NC(C(=O)OCc1ccccc1)c1ccc(OS(=O)(=O)c2ccc(C)cc2)cc1. The minimum atomic E-state index is -4.00. The molecule has 3 aromatic rings. The highest BCUT2D eigenvalue weighted by Gasteiger charge is 2.24. The maximum Gasteiger partial charge on any atom is 0.339 e. The second-order valence-electron chi connectivity index (χ2n) is 7.15. The van der Waals surface area contributed by atoms with Crippen molar-refractivity contribution in [2.45, 2.75) is 31.4 Å². The third kappa shape index (κ3) is 6.18. The van der Waals surface area contributed by atoms with E-state index in [2.05, 4.69) is 5.32 Å². The minimum absolute atomic E-state index is 0.0350. The highest BCUT2D eigenvalue weighted by molar-refractivity contribution is 7.87. The third-order valence-corrected chi connectivity index (χ3v) is 5.80. The molecule has 0 spiro atoms. The maximum atomic E-state index is 12.6. The van der Waals surface area contributed by atoms with E-state index in [1.54, 1.807) is 12.1 Å². The van der Waals surface area contributed by atoms with Crippen molar-refractivity contribution in [1.29, 1.82) is 0 Å². The zero-order chi connectivity index (χ0) is 23.1. The van der Waals surface area contributed by atoms with E-state index in [0.29, 0.717) is 5.56 Å². The molecule has 0 bridgehead atoms. The van der Waals surface area contributed by atoms with E-state index in [1.165, 1.54) is 43.3 Å². The Bertz CT molecular complexity index is 1170. The molecule has 1 unspecified atom stereocenters. The molecular weight excluding hydrogens is 430 g/mol. The second-order valence-corrected chi connectivity index (χ2v) is 8.69. The molecular formula is C24H23NO6S. The van der Waals surface area contributed by atoms with Crippen molar-refractivity contribution in [3.8, 4) is 5.75 Å². The van der Waals surface area contributed by atoms with E-state index >= 15 is 0 Å². The lowest BCUT2D eigenvalue weighted by Gasteiger charge is -2.17. The molecule has 1 amide bonds. The van der Waals surface area contributed by atoms with Gasteiger partial charge in [0.2, 0.25) is 5.91 Å². The van der Waals surface area contributed by atoms with Gasteiger partial charge in [-0.3, -0.25) is 4.79 Å². The Morgan fingerprint density at radius 3 is 2.12 bits per heavy atom. The van der Waals surface area contributed by atoms with Crippen LogP contribution >= 0.6 is 0 Å². The molecule has 3 rings (SSSR count). The average Bonchev–Trinajstić information content (AvgIpc) is 2.77. The summed E-state index contributed by atoms with van der Waals surface area (Å²) in [5.41, 5.74) is 2.17. The first-order chi connectivity index (χ1) is 15.2. The number of hydrogen-bond acceptors (Lipinski definition) is 6. The maximum absolute atomic E-state index is 12.6. The van der Waals surface area contributed by atoms with Gasteiger partial charge in [0.1, 0.15) is 17.3 Å². The molecule has 1 N–H and O–H groups in total. The monoisotopic (exact) mass is 453 g/mol. The molecule has 8 heteroatoms. The summed E-state index contributed by atoms with van der Waals surface area (Å²) >= 11 is 0. The van der Waals surface area contributed by atoms with Gasteiger partial charge < -0.3 is 14.2 Å². The molecule has 32 heavy (non-hydrogen) atoms. The molecule has 0 radical (unpaired) electrons. The van der Waals surface area contributed by atoms with E-state index in [9.17, 15) is 18.0 Å². The number of rotatable bonds is 8. The number of hydrogen-bond donors (Lipinski definition) is 1. The molecule has 0 saturated carbocycles. The standard InChI is InChI=1S/C24H23NO6S/c1-17-8-14-22(15-9-17)32(28,29)31-21-12-10-20(11-13-21)23(25-18(2)26)24(27)30-16-19-6-4-3-5-7-19/h3-15,23H,16H2,1-2H3,(H,25,26). The molecule has 0 aliphatic carbocycles. The zero-order valence-corrected chi connectivity index (χ0v) is 18.5. The van der Waals surface area contributed by atoms with Crippen molar-refractivity contribution >= 4 is 22.0 Å².